The van der Waals surface area contributed by atoms with Gasteiger partial charge in [0, 0.05) is 10.3 Å². The van der Waals surface area contributed by atoms with Crippen molar-refractivity contribution in [2.24, 2.45) is 0 Å². The van der Waals surface area contributed by atoms with E-state index in [0.29, 0.717) is 0 Å². The third-order valence-corrected chi connectivity index (χ3v) is 6.73. The zero-order valence-electron chi connectivity index (χ0n) is 15.9. The summed E-state index contributed by atoms with van der Waals surface area (Å²) in [5.74, 6) is -2.38. The number of carbonyl (C=O) groups is 4. The topological polar surface area (TPSA) is 125 Å². The minimum atomic E-state index is -1.83. The van der Waals surface area contributed by atoms with Crippen molar-refractivity contribution in [3.63, 3.8) is 0 Å². The van der Waals surface area contributed by atoms with Gasteiger partial charge in [0.05, 0.1) is 0 Å². The number of nitrogens with zero attached hydrogens (tertiary/aromatic N) is 1. The number of alkyl halides is 3. The number of amides is 3. The monoisotopic (exact) mass is 521 g/mol. The Morgan fingerprint density at radius 2 is 1.97 bits per heavy atom. The van der Waals surface area contributed by atoms with Gasteiger partial charge in [0.2, 0.25) is 15.6 Å². The van der Waals surface area contributed by atoms with Crippen LogP contribution in [0.5, 0.6) is 0 Å². The Balaban J connectivity index is 2.07. The number of alkyl carbamates (subject to hydrolysis) is 1. The highest BCUT2D eigenvalue weighted by atomic mass is 35.6. The average molecular weight is 523 g/mol. The van der Waals surface area contributed by atoms with Crippen molar-refractivity contribution < 1.29 is 29.0 Å². The van der Waals surface area contributed by atoms with E-state index in [-0.39, 0.29) is 5.57 Å². The summed E-state index contributed by atoms with van der Waals surface area (Å²) in [6.07, 6.45) is -1.04. The minimum absolute atomic E-state index is 0.256. The highest BCUT2D eigenvalue weighted by Crippen LogP contribution is 2.50. The zero-order valence-corrected chi connectivity index (χ0v) is 19.8. The van der Waals surface area contributed by atoms with E-state index in [0.717, 1.165) is 5.54 Å². The Morgan fingerprint density at radius 1 is 1.37 bits per heavy atom. The second-order valence-corrected chi connectivity index (χ2v) is 11.7. The van der Waals surface area contributed by atoms with Gasteiger partial charge in [0.1, 0.15) is 30.1 Å². The van der Waals surface area contributed by atoms with Gasteiger partial charge >= 0.3 is 12.1 Å². The van der Waals surface area contributed by atoms with Crippen molar-refractivity contribution in [3.05, 3.63) is 11.1 Å². The van der Waals surface area contributed by atoms with E-state index in [1.54, 1.807) is 13.8 Å². The molecule has 4 atom stereocenters. The number of carboxylic acids is 1. The fraction of sp³-hybridized carbons (Fsp3) is 0.625. The molecule has 2 rings (SSSR count). The van der Waals surface area contributed by atoms with E-state index in [4.69, 9.17) is 51.1 Å². The lowest BCUT2D eigenvalue weighted by atomic mass is 9.95. The smallest absolute Gasteiger partial charge is 0.408 e. The molecule has 1 unspecified atom stereocenters. The van der Waals surface area contributed by atoms with E-state index in [2.05, 4.69) is 10.6 Å². The van der Waals surface area contributed by atoms with Crippen molar-refractivity contribution in [3.8, 4) is 0 Å². The summed E-state index contributed by atoms with van der Waals surface area (Å²) >= 11 is 23.5. The standard InChI is InChI=1S/C16H19Cl4N3O6S/c1-6(4-17)7(22-14(28)29-5-16(18,19)20)10(24)21-8-11(25)23-9(13(26)27)15(2,3)30-12(8)23/h4,7-9,12H,5H2,1-3H3,(H,21,24)(H,22,28)(H,26,27)/b6-4+/t7?,8-,9-,12+/m0/s1. The summed E-state index contributed by atoms with van der Waals surface area (Å²) in [5.41, 5.74) is 1.34. The summed E-state index contributed by atoms with van der Waals surface area (Å²) in [5, 5.41) is 13.7. The van der Waals surface area contributed by atoms with Crippen molar-refractivity contribution in [1.29, 1.82) is 0 Å². The third kappa shape index (κ3) is 5.40. The van der Waals surface area contributed by atoms with Crippen LogP contribution in [0.4, 0.5) is 4.79 Å². The van der Waals surface area contributed by atoms with Gasteiger partial charge in [-0.15, -0.1) is 11.8 Å². The maximum Gasteiger partial charge on any atom is 0.408 e. The van der Waals surface area contributed by atoms with Crippen LogP contribution in [0.15, 0.2) is 11.1 Å². The molecule has 168 valence electrons. The molecule has 0 aliphatic carbocycles. The number of hydrogen-bond acceptors (Lipinski definition) is 6. The molecule has 2 fully saturated rings. The quantitative estimate of drug-likeness (QED) is 0.360. The van der Waals surface area contributed by atoms with E-state index in [1.807, 2.05) is 0 Å². The highest BCUT2D eigenvalue weighted by Gasteiger charge is 2.64. The SMILES string of the molecule is C/C(=C\Cl)C(NC(=O)OCC(Cl)(Cl)Cl)C(=O)N[C@H]1C(=O)N2[C@@H]1SC(C)(C)[C@@H]2C(=O)O. The predicted octanol–water partition coefficient (Wildman–Crippen LogP) is 2.23. The molecule has 0 aromatic rings. The lowest BCUT2D eigenvalue weighted by Gasteiger charge is -2.44. The molecule has 2 aliphatic heterocycles. The fourth-order valence-electron chi connectivity index (χ4n) is 3.14. The van der Waals surface area contributed by atoms with E-state index < -0.39 is 62.5 Å². The number of carbonyl (C=O) groups excluding carboxylic acids is 3. The molecule has 2 heterocycles. The van der Waals surface area contributed by atoms with E-state index >= 15 is 0 Å². The Bertz CT molecular complexity index is 787. The van der Waals surface area contributed by atoms with Crippen LogP contribution in [-0.4, -0.2) is 72.5 Å². The first kappa shape index (κ1) is 25.2. The molecular formula is C16H19Cl4N3O6S. The van der Waals surface area contributed by atoms with E-state index in [1.165, 1.54) is 23.6 Å². The van der Waals surface area contributed by atoms with Gasteiger partial charge in [0.15, 0.2) is 0 Å². The number of carboxylic acid groups (broad SMARTS) is 1. The number of aliphatic carboxylic acids is 1. The van der Waals surface area contributed by atoms with Gasteiger partial charge in [-0.25, -0.2) is 9.59 Å². The molecule has 0 saturated carbocycles. The molecule has 0 aromatic heterocycles. The first-order valence-electron chi connectivity index (χ1n) is 8.49. The van der Waals surface area contributed by atoms with Gasteiger partial charge < -0.3 is 25.4 Å². The molecule has 9 nitrogen and oxygen atoms in total. The third-order valence-electron chi connectivity index (χ3n) is 4.49. The molecule has 0 radical (unpaired) electrons. The lowest BCUT2D eigenvalue weighted by Crippen LogP contribution is -2.71. The van der Waals surface area contributed by atoms with Crippen LogP contribution in [0.2, 0.25) is 0 Å². The van der Waals surface area contributed by atoms with Gasteiger partial charge in [-0.2, -0.15) is 0 Å². The van der Waals surface area contributed by atoms with Crippen LogP contribution in [0.25, 0.3) is 0 Å². The average Bonchev–Trinajstić information content (AvgIpc) is 2.89. The number of thioether (sulfide) groups is 1. The molecule has 3 amide bonds. The van der Waals surface area contributed by atoms with Gasteiger partial charge in [-0.3, -0.25) is 9.59 Å². The molecule has 14 heteroatoms. The van der Waals surface area contributed by atoms with Crippen LogP contribution >= 0.6 is 58.2 Å². The van der Waals surface area contributed by atoms with Crippen molar-refractivity contribution in [2.45, 2.75) is 52.8 Å². The lowest BCUT2D eigenvalue weighted by molar-refractivity contribution is -0.161. The highest BCUT2D eigenvalue weighted by molar-refractivity contribution is 8.01. The zero-order chi connectivity index (χ0) is 23.0. The number of nitrogens with one attached hydrogen (secondary N) is 2. The second kappa shape index (κ2) is 9.20. The largest absolute Gasteiger partial charge is 0.480 e. The molecular weight excluding hydrogens is 504 g/mol. The number of ether oxygens (including phenoxy) is 1. The summed E-state index contributed by atoms with van der Waals surface area (Å²) in [6, 6.07) is -3.22. The fourth-order valence-corrected chi connectivity index (χ4v) is 5.05. The maximum atomic E-state index is 12.7. The minimum Gasteiger partial charge on any atom is -0.480 e. The Morgan fingerprint density at radius 3 is 2.47 bits per heavy atom. The summed E-state index contributed by atoms with van der Waals surface area (Å²) in [7, 11) is 0. The Labute approximate surface area is 196 Å². The number of hydrogen-bond donors (Lipinski definition) is 3. The van der Waals surface area contributed by atoms with Crippen LogP contribution < -0.4 is 10.6 Å². The van der Waals surface area contributed by atoms with Crippen LogP contribution in [-0.2, 0) is 19.1 Å². The van der Waals surface area contributed by atoms with Crippen molar-refractivity contribution >= 4 is 82.0 Å². The normalized spacial score (nSPS) is 26.4. The number of rotatable bonds is 6. The molecule has 30 heavy (non-hydrogen) atoms. The van der Waals surface area contributed by atoms with Gasteiger partial charge in [-0.1, -0.05) is 46.4 Å². The van der Waals surface area contributed by atoms with Gasteiger partial charge in [-0.05, 0) is 26.3 Å². The maximum absolute atomic E-state index is 12.7. The molecule has 0 bridgehead atoms. The van der Waals surface area contributed by atoms with E-state index in [9.17, 15) is 24.3 Å². The Kier molecular flexibility index (Phi) is 7.72. The Hall–Kier alpha value is -1.07. The van der Waals surface area contributed by atoms with Crippen LogP contribution in [0, 0.1) is 0 Å². The molecule has 0 spiro atoms. The molecule has 0 aromatic carbocycles. The molecule has 3 N–H and O–H groups in total. The predicted molar refractivity (Wildman–Crippen MR) is 114 cm³/mol. The summed E-state index contributed by atoms with van der Waals surface area (Å²) in [6.45, 7) is 4.36. The van der Waals surface area contributed by atoms with Crippen molar-refractivity contribution in [2.75, 3.05) is 6.61 Å². The van der Waals surface area contributed by atoms with Crippen LogP contribution in [0.3, 0.4) is 0 Å². The first-order chi connectivity index (χ1) is 13.7. The molecule has 2 aliphatic rings. The number of halogens is 4. The second-order valence-electron chi connectivity index (χ2n) is 7.21. The van der Waals surface area contributed by atoms with Crippen LogP contribution in [0.1, 0.15) is 20.8 Å². The first-order valence-corrected chi connectivity index (χ1v) is 10.9. The van der Waals surface area contributed by atoms with Crippen molar-refractivity contribution in [1.82, 2.24) is 15.5 Å². The summed E-state index contributed by atoms with van der Waals surface area (Å²) in [4.78, 5) is 50.0. The number of fused-ring (bicyclic) bond motifs is 1. The summed E-state index contributed by atoms with van der Waals surface area (Å²) < 4.78 is 2.17. The molecule has 2 saturated heterocycles. The van der Waals surface area contributed by atoms with Gasteiger partial charge in [0.25, 0.3) is 0 Å². The number of β-lactam (4-membered cyclic amide) rings is 1.